The molecule has 2 aromatic carbocycles. The average Bonchev–Trinajstić information content (AvgIpc) is 3.32. The minimum atomic E-state index is -0.0860. The minimum absolute atomic E-state index is 0.0860. The number of nitrogens with one attached hydrogen (secondary N) is 1. The lowest BCUT2D eigenvalue weighted by molar-refractivity contribution is 0.194. The van der Waals surface area contributed by atoms with Gasteiger partial charge in [0.25, 0.3) is 0 Å². The molecule has 3 aromatic rings. The van der Waals surface area contributed by atoms with Crippen LogP contribution in [0.25, 0.3) is 10.2 Å². The number of fused-ring (bicyclic) bond motifs is 1. The molecule has 1 aromatic heterocycles. The van der Waals surface area contributed by atoms with Crippen LogP contribution in [0.1, 0.15) is 5.56 Å². The van der Waals surface area contributed by atoms with Crippen molar-refractivity contribution in [3.05, 3.63) is 35.9 Å². The summed E-state index contributed by atoms with van der Waals surface area (Å²) in [6.45, 7) is 3.04. The second kappa shape index (κ2) is 10.0. The molecule has 9 nitrogen and oxygen atoms in total. The number of hydrogen-bond acceptors (Lipinski definition) is 8. The van der Waals surface area contributed by atoms with Gasteiger partial charge in [-0.2, -0.15) is 0 Å². The quantitative estimate of drug-likeness (QED) is 0.564. The SMILES string of the molecule is COc1ccc(CNC(=O)N2CCN(c3nc4c(OC)ccc(OC)c4s3)CC2)cc1OC. The number of amides is 2. The van der Waals surface area contributed by atoms with Crippen LogP contribution in [0.3, 0.4) is 0 Å². The van der Waals surface area contributed by atoms with Crippen molar-refractivity contribution in [2.45, 2.75) is 6.54 Å². The van der Waals surface area contributed by atoms with Crippen LogP contribution in [0.15, 0.2) is 30.3 Å². The Bertz CT molecular complexity index is 1090. The lowest BCUT2D eigenvalue weighted by atomic mass is 10.2. The van der Waals surface area contributed by atoms with Crippen LogP contribution in [0.5, 0.6) is 23.0 Å². The smallest absolute Gasteiger partial charge is 0.317 e. The van der Waals surface area contributed by atoms with E-state index in [0.29, 0.717) is 44.2 Å². The number of anilines is 1. The van der Waals surface area contributed by atoms with Crippen molar-refractivity contribution in [2.24, 2.45) is 0 Å². The van der Waals surface area contributed by atoms with E-state index >= 15 is 0 Å². The lowest BCUT2D eigenvalue weighted by Gasteiger charge is -2.34. The van der Waals surface area contributed by atoms with E-state index in [2.05, 4.69) is 10.2 Å². The lowest BCUT2D eigenvalue weighted by Crippen LogP contribution is -2.51. The third-order valence-corrected chi connectivity index (χ3v) is 6.76. The molecule has 176 valence electrons. The van der Waals surface area contributed by atoms with Crippen molar-refractivity contribution in [3.8, 4) is 23.0 Å². The van der Waals surface area contributed by atoms with Crippen LogP contribution < -0.4 is 29.2 Å². The number of hydrogen-bond donors (Lipinski definition) is 1. The van der Waals surface area contributed by atoms with Crippen LogP contribution in [-0.4, -0.2) is 70.5 Å². The Kier molecular flexibility index (Phi) is 6.93. The van der Waals surface area contributed by atoms with Crippen molar-refractivity contribution >= 4 is 32.7 Å². The molecule has 33 heavy (non-hydrogen) atoms. The van der Waals surface area contributed by atoms with Crippen LogP contribution in [0, 0.1) is 0 Å². The number of carbonyl (C=O) groups excluding carboxylic acids is 1. The predicted octanol–water partition coefficient (Wildman–Crippen LogP) is 3.36. The summed E-state index contributed by atoms with van der Waals surface area (Å²) in [5.41, 5.74) is 1.74. The fourth-order valence-corrected chi connectivity index (χ4v) is 4.92. The molecular formula is C23H28N4O5S. The summed E-state index contributed by atoms with van der Waals surface area (Å²) in [5.74, 6) is 2.81. The number of piperazine rings is 1. The molecule has 10 heteroatoms. The zero-order chi connectivity index (χ0) is 23.4. The standard InChI is InChI=1S/C23H28N4O5S/c1-29-16-6-5-15(13-19(16)32-4)14-24-22(28)26-9-11-27(12-10-26)23-25-20-17(30-2)7-8-18(31-3)21(20)33-23/h5-8,13H,9-12,14H2,1-4H3,(H,24,28). The third kappa shape index (κ3) is 4.70. The highest BCUT2D eigenvalue weighted by molar-refractivity contribution is 7.22. The Morgan fingerprint density at radius 2 is 1.55 bits per heavy atom. The minimum Gasteiger partial charge on any atom is -0.495 e. The Balaban J connectivity index is 1.36. The van der Waals surface area contributed by atoms with Gasteiger partial charge in [0.15, 0.2) is 16.6 Å². The number of ether oxygens (including phenoxy) is 4. The first kappa shape index (κ1) is 22.8. The molecule has 0 radical (unpaired) electrons. The molecule has 4 rings (SSSR count). The first-order valence-corrected chi connectivity index (χ1v) is 11.4. The number of benzene rings is 2. The van der Waals surface area contributed by atoms with Crippen molar-refractivity contribution in [3.63, 3.8) is 0 Å². The van der Waals surface area contributed by atoms with Gasteiger partial charge >= 0.3 is 6.03 Å². The summed E-state index contributed by atoms with van der Waals surface area (Å²) in [4.78, 5) is 21.5. The molecule has 1 aliphatic heterocycles. The first-order valence-electron chi connectivity index (χ1n) is 10.6. The van der Waals surface area contributed by atoms with E-state index < -0.39 is 0 Å². The second-order valence-corrected chi connectivity index (χ2v) is 8.44. The topological polar surface area (TPSA) is 85.4 Å². The van der Waals surface area contributed by atoms with Gasteiger partial charge in [-0.05, 0) is 29.8 Å². The van der Waals surface area contributed by atoms with Gasteiger partial charge in [-0.15, -0.1) is 0 Å². The molecular weight excluding hydrogens is 444 g/mol. The zero-order valence-corrected chi connectivity index (χ0v) is 20.0. The molecule has 2 amide bonds. The van der Waals surface area contributed by atoms with Gasteiger partial charge < -0.3 is 34.1 Å². The normalized spacial score (nSPS) is 13.7. The average molecular weight is 473 g/mol. The number of rotatable bonds is 7. The van der Waals surface area contributed by atoms with E-state index in [0.717, 1.165) is 32.4 Å². The maximum atomic E-state index is 12.7. The summed E-state index contributed by atoms with van der Waals surface area (Å²) in [5, 5.41) is 3.89. The van der Waals surface area contributed by atoms with E-state index in [4.69, 9.17) is 23.9 Å². The van der Waals surface area contributed by atoms with Crippen LogP contribution in [0.4, 0.5) is 9.93 Å². The molecule has 0 saturated carbocycles. The van der Waals surface area contributed by atoms with E-state index in [-0.39, 0.29) is 6.03 Å². The molecule has 0 unspecified atom stereocenters. The first-order chi connectivity index (χ1) is 16.1. The highest BCUT2D eigenvalue weighted by Gasteiger charge is 2.24. The number of nitrogens with zero attached hydrogens (tertiary/aromatic N) is 3. The van der Waals surface area contributed by atoms with Gasteiger partial charge in [0.05, 0.1) is 28.4 Å². The van der Waals surface area contributed by atoms with Crippen LogP contribution >= 0.6 is 11.3 Å². The maximum Gasteiger partial charge on any atom is 0.317 e. The third-order valence-electron chi connectivity index (χ3n) is 5.63. The molecule has 0 aliphatic carbocycles. The van der Waals surface area contributed by atoms with Crippen LogP contribution in [-0.2, 0) is 6.54 Å². The Morgan fingerprint density at radius 1 is 0.909 bits per heavy atom. The van der Waals surface area contributed by atoms with Gasteiger partial charge in [-0.3, -0.25) is 0 Å². The summed E-state index contributed by atoms with van der Waals surface area (Å²) in [7, 11) is 6.48. The number of carbonyl (C=O) groups is 1. The summed E-state index contributed by atoms with van der Waals surface area (Å²) < 4.78 is 22.5. The number of thiazole rings is 1. The van der Waals surface area contributed by atoms with E-state index in [1.165, 1.54) is 0 Å². The highest BCUT2D eigenvalue weighted by Crippen LogP contribution is 2.40. The van der Waals surface area contributed by atoms with Gasteiger partial charge in [0.1, 0.15) is 21.7 Å². The van der Waals surface area contributed by atoms with Gasteiger partial charge in [0, 0.05) is 32.7 Å². The zero-order valence-electron chi connectivity index (χ0n) is 19.2. The maximum absolute atomic E-state index is 12.7. The van der Waals surface area contributed by atoms with E-state index in [1.807, 2.05) is 35.2 Å². The van der Waals surface area contributed by atoms with Gasteiger partial charge in [-0.1, -0.05) is 17.4 Å². The van der Waals surface area contributed by atoms with Gasteiger partial charge in [-0.25, -0.2) is 9.78 Å². The summed E-state index contributed by atoms with van der Waals surface area (Å²) >= 11 is 1.58. The number of methoxy groups -OCH3 is 4. The Morgan fingerprint density at radius 3 is 2.21 bits per heavy atom. The fraction of sp³-hybridized carbons (Fsp3) is 0.391. The molecule has 2 heterocycles. The second-order valence-electron chi connectivity index (χ2n) is 7.47. The van der Waals surface area contributed by atoms with Gasteiger partial charge in [0.2, 0.25) is 0 Å². The Labute approximate surface area is 196 Å². The number of urea groups is 1. The summed E-state index contributed by atoms with van der Waals surface area (Å²) in [6, 6.07) is 9.29. The molecule has 1 N–H and O–H groups in total. The Hall–Kier alpha value is -3.40. The fourth-order valence-electron chi connectivity index (χ4n) is 3.79. The van der Waals surface area contributed by atoms with Crippen molar-refractivity contribution < 1.29 is 23.7 Å². The molecule has 1 saturated heterocycles. The molecule has 1 aliphatic rings. The summed E-state index contributed by atoms with van der Waals surface area (Å²) in [6.07, 6.45) is 0. The van der Waals surface area contributed by atoms with Crippen molar-refractivity contribution in [2.75, 3.05) is 59.5 Å². The number of aromatic nitrogens is 1. The van der Waals surface area contributed by atoms with Crippen molar-refractivity contribution in [1.29, 1.82) is 0 Å². The highest BCUT2D eigenvalue weighted by atomic mass is 32.1. The van der Waals surface area contributed by atoms with Crippen molar-refractivity contribution in [1.82, 2.24) is 15.2 Å². The van der Waals surface area contributed by atoms with Crippen LogP contribution in [0.2, 0.25) is 0 Å². The molecule has 1 fully saturated rings. The monoisotopic (exact) mass is 472 g/mol. The molecule has 0 atom stereocenters. The predicted molar refractivity (Wildman–Crippen MR) is 128 cm³/mol. The van der Waals surface area contributed by atoms with E-state index in [1.54, 1.807) is 39.8 Å². The van der Waals surface area contributed by atoms with E-state index in [9.17, 15) is 4.79 Å². The largest absolute Gasteiger partial charge is 0.495 e. The molecule has 0 bridgehead atoms. The molecule has 0 spiro atoms.